The largest absolute Gasteiger partial charge is 0.405 e. The zero-order valence-electron chi connectivity index (χ0n) is 12.0. The molecule has 0 aromatic carbocycles. The van der Waals surface area contributed by atoms with Gasteiger partial charge in [-0.25, -0.2) is 0 Å². The number of anilines is 1. The number of aromatic nitrogens is 2. The summed E-state index contributed by atoms with van der Waals surface area (Å²) in [6.07, 6.45) is -4.31. The summed E-state index contributed by atoms with van der Waals surface area (Å²) in [5, 5.41) is 12.0. The molecule has 0 radical (unpaired) electrons. The van der Waals surface area contributed by atoms with E-state index in [4.69, 9.17) is 0 Å². The molecule has 0 fully saturated rings. The second kappa shape index (κ2) is 6.82. The maximum Gasteiger partial charge on any atom is 0.405 e. The topological polar surface area (TPSA) is 66.9 Å². The molecule has 0 aliphatic heterocycles. The molecule has 1 atom stereocenters. The molecule has 120 valence electrons. The number of carbonyl (C=O) groups is 1. The number of rotatable bonds is 5. The zero-order chi connectivity index (χ0) is 16.3. The van der Waals surface area contributed by atoms with Gasteiger partial charge in [0.2, 0.25) is 11.0 Å². The highest BCUT2D eigenvalue weighted by atomic mass is 32.2. The van der Waals surface area contributed by atoms with E-state index in [9.17, 15) is 18.0 Å². The Morgan fingerprint density at radius 3 is 2.48 bits per heavy atom. The highest BCUT2D eigenvalue weighted by Gasteiger charge is 2.27. The molecule has 0 saturated heterocycles. The van der Waals surface area contributed by atoms with Crippen LogP contribution in [0.2, 0.25) is 0 Å². The lowest BCUT2D eigenvalue weighted by Crippen LogP contribution is -2.44. The van der Waals surface area contributed by atoms with E-state index in [2.05, 4.69) is 20.8 Å². The Kier molecular flexibility index (Phi) is 5.85. The van der Waals surface area contributed by atoms with Crippen molar-refractivity contribution in [3.8, 4) is 0 Å². The molecule has 1 unspecified atom stereocenters. The van der Waals surface area contributed by atoms with Crippen molar-refractivity contribution in [2.24, 2.45) is 0 Å². The molecule has 0 spiro atoms. The minimum absolute atomic E-state index is 0.0817. The van der Waals surface area contributed by atoms with Crippen LogP contribution in [-0.2, 0) is 4.79 Å². The number of nitrogens with zero attached hydrogens (tertiary/aromatic N) is 2. The Balaban J connectivity index is 2.52. The quantitative estimate of drug-likeness (QED) is 0.806. The first-order valence-electron chi connectivity index (χ1n) is 6.09. The Morgan fingerprint density at radius 2 is 1.95 bits per heavy atom. The van der Waals surface area contributed by atoms with Crippen LogP contribution in [0.3, 0.4) is 0 Å². The minimum Gasteiger partial charge on any atom is -0.351 e. The third-order valence-corrected chi connectivity index (χ3v) is 4.06. The Bertz CT molecular complexity index is 485. The van der Waals surface area contributed by atoms with Crippen molar-refractivity contribution in [1.82, 2.24) is 15.5 Å². The molecular weight excluding hydrogens is 325 g/mol. The number of amides is 1. The van der Waals surface area contributed by atoms with Gasteiger partial charge in [-0.05, 0) is 27.7 Å². The summed E-state index contributed by atoms with van der Waals surface area (Å²) in [5.74, 6) is -0.160. The van der Waals surface area contributed by atoms with Crippen molar-refractivity contribution in [1.29, 1.82) is 0 Å². The fourth-order valence-corrected chi connectivity index (χ4v) is 3.07. The molecule has 5 nitrogen and oxygen atoms in total. The Morgan fingerprint density at radius 1 is 1.33 bits per heavy atom. The van der Waals surface area contributed by atoms with Gasteiger partial charge in [-0.1, -0.05) is 23.1 Å². The van der Waals surface area contributed by atoms with Crippen LogP contribution in [0.15, 0.2) is 4.34 Å². The fraction of sp³-hybridized carbons (Fsp3) is 0.727. The van der Waals surface area contributed by atoms with Crippen LogP contribution in [0.1, 0.15) is 27.7 Å². The van der Waals surface area contributed by atoms with Crippen molar-refractivity contribution in [3.05, 3.63) is 0 Å². The number of hydrogen-bond donors (Lipinski definition) is 2. The third kappa shape index (κ3) is 7.51. The van der Waals surface area contributed by atoms with Gasteiger partial charge in [-0.3, -0.25) is 4.79 Å². The molecule has 0 bridgehead atoms. The molecule has 1 rings (SSSR count). The van der Waals surface area contributed by atoms with E-state index in [0.717, 1.165) is 23.1 Å². The van der Waals surface area contributed by atoms with Gasteiger partial charge in [0, 0.05) is 5.54 Å². The molecule has 10 heteroatoms. The van der Waals surface area contributed by atoms with E-state index >= 15 is 0 Å². The summed E-state index contributed by atoms with van der Waals surface area (Å²) in [6, 6.07) is 0. The molecular formula is C11H17F3N4OS2. The van der Waals surface area contributed by atoms with Gasteiger partial charge < -0.3 is 10.6 Å². The van der Waals surface area contributed by atoms with Crippen LogP contribution >= 0.6 is 23.1 Å². The van der Waals surface area contributed by atoms with Gasteiger partial charge in [0.05, 0.1) is 5.25 Å². The van der Waals surface area contributed by atoms with Crippen molar-refractivity contribution < 1.29 is 18.0 Å². The van der Waals surface area contributed by atoms with Crippen molar-refractivity contribution in [2.75, 3.05) is 11.9 Å². The second-order valence-corrected chi connectivity index (χ2v) is 7.91. The predicted molar refractivity (Wildman–Crippen MR) is 77.7 cm³/mol. The van der Waals surface area contributed by atoms with E-state index in [0.29, 0.717) is 4.34 Å². The van der Waals surface area contributed by atoms with E-state index in [-0.39, 0.29) is 16.6 Å². The first-order valence-corrected chi connectivity index (χ1v) is 7.79. The Hall–Kier alpha value is -1.03. The lowest BCUT2D eigenvalue weighted by molar-refractivity contribution is -0.121. The summed E-state index contributed by atoms with van der Waals surface area (Å²) in [6.45, 7) is 6.15. The van der Waals surface area contributed by atoms with E-state index in [1.807, 2.05) is 20.8 Å². The van der Waals surface area contributed by atoms with Gasteiger partial charge in [-0.15, -0.1) is 10.2 Å². The third-order valence-electron chi connectivity index (χ3n) is 1.99. The molecule has 1 aromatic heterocycles. The van der Waals surface area contributed by atoms with Gasteiger partial charge in [0.1, 0.15) is 6.54 Å². The summed E-state index contributed by atoms with van der Waals surface area (Å²) >= 11 is 2.15. The molecule has 1 heterocycles. The molecule has 1 amide bonds. The Labute approximate surface area is 129 Å². The normalized spacial score (nSPS) is 13.9. The van der Waals surface area contributed by atoms with Crippen LogP contribution in [0.5, 0.6) is 0 Å². The van der Waals surface area contributed by atoms with Crippen molar-refractivity contribution >= 4 is 34.1 Å². The number of carbonyl (C=O) groups excluding carboxylic acids is 1. The van der Waals surface area contributed by atoms with E-state index in [1.54, 1.807) is 6.92 Å². The molecule has 0 aliphatic rings. The highest BCUT2D eigenvalue weighted by Crippen LogP contribution is 2.29. The molecule has 1 aromatic rings. The van der Waals surface area contributed by atoms with Crippen LogP contribution < -0.4 is 10.6 Å². The zero-order valence-corrected chi connectivity index (χ0v) is 13.7. The fourth-order valence-electron chi connectivity index (χ4n) is 1.18. The van der Waals surface area contributed by atoms with Crippen molar-refractivity contribution in [2.45, 2.75) is 49.0 Å². The number of alkyl halides is 3. The van der Waals surface area contributed by atoms with E-state index < -0.39 is 18.0 Å². The summed E-state index contributed by atoms with van der Waals surface area (Å²) in [4.78, 5) is 11.9. The lowest BCUT2D eigenvalue weighted by atomic mass is 10.1. The molecule has 0 aliphatic carbocycles. The highest BCUT2D eigenvalue weighted by molar-refractivity contribution is 8.02. The predicted octanol–water partition coefficient (Wildman–Crippen LogP) is 2.91. The number of nitrogens with one attached hydrogen (secondary N) is 2. The summed E-state index contributed by atoms with van der Waals surface area (Å²) in [7, 11) is 0. The standard InChI is InChI=1S/C11H17F3N4OS2/c1-6(7(19)16-10(2,3)4)20-9-18-17-8(21-9)15-5-11(12,13)14/h6H,5H2,1-4H3,(H,15,17)(H,16,19). The average molecular weight is 342 g/mol. The van der Waals surface area contributed by atoms with Crippen LogP contribution in [0.25, 0.3) is 0 Å². The molecule has 21 heavy (non-hydrogen) atoms. The first kappa shape index (κ1) is 18.0. The van der Waals surface area contributed by atoms with E-state index in [1.165, 1.54) is 0 Å². The molecule has 0 saturated carbocycles. The summed E-state index contributed by atoms with van der Waals surface area (Å²) in [5.41, 5.74) is -0.341. The first-order chi connectivity index (χ1) is 9.46. The number of halogens is 3. The maximum atomic E-state index is 12.1. The van der Waals surface area contributed by atoms with Crippen LogP contribution in [0.4, 0.5) is 18.3 Å². The van der Waals surface area contributed by atoms with Gasteiger partial charge >= 0.3 is 6.18 Å². The number of hydrogen-bond acceptors (Lipinski definition) is 6. The monoisotopic (exact) mass is 342 g/mol. The summed E-state index contributed by atoms with van der Waals surface area (Å²) < 4.78 is 36.6. The average Bonchev–Trinajstić information content (AvgIpc) is 2.71. The van der Waals surface area contributed by atoms with Gasteiger partial charge in [0.25, 0.3) is 0 Å². The van der Waals surface area contributed by atoms with Gasteiger partial charge in [-0.2, -0.15) is 13.2 Å². The van der Waals surface area contributed by atoms with Crippen molar-refractivity contribution in [3.63, 3.8) is 0 Å². The lowest BCUT2D eigenvalue weighted by Gasteiger charge is -2.22. The second-order valence-electron chi connectivity index (χ2n) is 5.34. The van der Waals surface area contributed by atoms with Gasteiger partial charge in [0.15, 0.2) is 4.34 Å². The smallest absolute Gasteiger partial charge is 0.351 e. The SMILES string of the molecule is CC(Sc1nnc(NCC(F)(F)F)s1)C(=O)NC(C)(C)C. The molecule has 2 N–H and O–H groups in total. The maximum absolute atomic E-state index is 12.1. The van der Waals surface area contributed by atoms with Crippen LogP contribution in [0, 0.1) is 0 Å². The minimum atomic E-state index is -4.31. The van der Waals surface area contributed by atoms with Crippen LogP contribution in [-0.4, -0.2) is 39.6 Å². The number of thioether (sulfide) groups is 1.